The predicted octanol–water partition coefficient (Wildman–Crippen LogP) is 3.69. The van der Waals surface area contributed by atoms with Crippen LogP contribution in [0.5, 0.6) is 0 Å². The topological polar surface area (TPSA) is 93.1 Å². The van der Waals surface area contributed by atoms with Crippen molar-refractivity contribution in [2.75, 3.05) is 19.8 Å². The van der Waals surface area contributed by atoms with E-state index in [0.717, 1.165) is 0 Å². The number of amides is 1. The van der Waals surface area contributed by atoms with Crippen LogP contribution in [0.15, 0.2) is 24.3 Å². The van der Waals surface area contributed by atoms with Crippen molar-refractivity contribution in [1.82, 2.24) is 4.90 Å². The van der Waals surface area contributed by atoms with Gasteiger partial charge in [-0.15, -0.1) is 0 Å². The summed E-state index contributed by atoms with van der Waals surface area (Å²) in [6.07, 6.45) is 4.76. The second kappa shape index (κ2) is 10.8. The Hall–Kier alpha value is -2.41. The summed E-state index contributed by atoms with van der Waals surface area (Å²) in [6.45, 7) is 3.65. The normalized spacial score (nSPS) is 21.9. The monoisotopic (exact) mass is 431 g/mol. The number of Topliss-reactive ketones (excluding diaryl/α,β-unsaturated/α-hetero) is 1. The average Bonchev–Trinajstić information content (AvgIpc) is 3.18. The van der Waals surface area contributed by atoms with Crippen LogP contribution in [0, 0.1) is 5.92 Å². The number of hydrogen-bond acceptors (Lipinski definition) is 6. The molecule has 1 N–H and O–H groups in total. The molecule has 170 valence electrons. The fourth-order valence-corrected chi connectivity index (χ4v) is 4.25. The molecule has 7 nitrogen and oxygen atoms in total. The molecule has 2 fully saturated rings. The maximum absolute atomic E-state index is 12.5. The summed E-state index contributed by atoms with van der Waals surface area (Å²) in [4.78, 5) is 38.4. The van der Waals surface area contributed by atoms with Crippen molar-refractivity contribution < 1.29 is 29.0 Å². The lowest BCUT2D eigenvalue weighted by molar-refractivity contribution is -0.147. The molecule has 0 unspecified atom stereocenters. The van der Waals surface area contributed by atoms with Crippen LogP contribution in [0.4, 0.5) is 4.79 Å². The molecule has 2 aliphatic rings. The quantitative estimate of drug-likeness (QED) is 0.523. The molecule has 1 aliphatic heterocycles. The predicted molar refractivity (Wildman–Crippen MR) is 115 cm³/mol. The van der Waals surface area contributed by atoms with Crippen LogP contribution in [-0.2, 0) is 14.3 Å². The Kier molecular flexibility index (Phi) is 8.07. The number of carbonyl (C=O) groups is 3. The van der Waals surface area contributed by atoms with Crippen molar-refractivity contribution in [2.45, 2.75) is 70.4 Å². The first kappa shape index (κ1) is 23.3. The van der Waals surface area contributed by atoms with Crippen LogP contribution >= 0.6 is 0 Å². The summed E-state index contributed by atoms with van der Waals surface area (Å²) in [5.74, 6) is -0.281. The van der Waals surface area contributed by atoms with Crippen molar-refractivity contribution in [1.29, 1.82) is 0 Å². The van der Waals surface area contributed by atoms with Crippen molar-refractivity contribution in [3.63, 3.8) is 0 Å². The number of nitrogens with zero attached hydrogens (tertiary/aromatic N) is 1. The third-order valence-corrected chi connectivity index (χ3v) is 5.98. The second-order valence-electron chi connectivity index (χ2n) is 9.02. The van der Waals surface area contributed by atoms with Gasteiger partial charge in [-0.3, -0.25) is 9.69 Å². The molecular weight excluding hydrogens is 398 g/mol. The van der Waals surface area contributed by atoms with Crippen molar-refractivity contribution in [3.05, 3.63) is 35.4 Å². The van der Waals surface area contributed by atoms with E-state index in [0.29, 0.717) is 11.5 Å². The molecule has 0 radical (unpaired) electrons. The van der Waals surface area contributed by atoms with Crippen molar-refractivity contribution >= 4 is 17.8 Å². The first-order chi connectivity index (χ1) is 14.8. The summed E-state index contributed by atoms with van der Waals surface area (Å²) in [7, 11) is 0. The van der Waals surface area contributed by atoms with Crippen LogP contribution in [0.2, 0.25) is 0 Å². The first-order valence-electron chi connectivity index (χ1n) is 11.3. The molecule has 7 heteroatoms. The zero-order chi connectivity index (χ0) is 22.4. The number of ketones is 1. The van der Waals surface area contributed by atoms with Gasteiger partial charge in [0.2, 0.25) is 0 Å². The number of esters is 1. The molecule has 1 aliphatic carbocycles. The largest absolute Gasteiger partial charge is 0.456 e. The number of rotatable bonds is 7. The van der Waals surface area contributed by atoms with E-state index in [9.17, 15) is 19.5 Å². The van der Waals surface area contributed by atoms with Gasteiger partial charge in [0.25, 0.3) is 0 Å². The van der Waals surface area contributed by atoms with Gasteiger partial charge < -0.3 is 14.6 Å². The molecule has 31 heavy (non-hydrogen) atoms. The van der Waals surface area contributed by atoms with Gasteiger partial charge in [0, 0.05) is 12.0 Å². The van der Waals surface area contributed by atoms with Gasteiger partial charge in [0.1, 0.15) is 6.04 Å². The molecule has 1 aromatic rings. The highest BCUT2D eigenvalue weighted by atomic mass is 16.6. The Balaban J connectivity index is 1.52. The van der Waals surface area contributed by atoms with E-state index in [1.54, 1.807) is 12.1 Å². The number of carbonyl (C=O) groups excluding carboxylic acids is 3. The summed E-state index contributed by atoms with van der Waals surface area (Å²) < 4.78 is 10.4. The van der Waals surface area contributed by atoms with E-state index < -0.39 is 30.8 Å². The minimum atomic E-state index is -0.948. The van der Waals surface area contributed by atoms with Crippen LogP contribution in [0.25, 0.3) is 0 Å². The van der Waals surface area contributed by atoms with Crippen LogP contribution in [0.1, 0.15) is 74.2 Å². The van der Waals surface area contributed by atoms with Crippen LogP contribution in [-0.4, -0.2) is 59.8 Å². The molecule has 1 aromatic carbocycles. The standard InChI is InChI=1S/C24H33NO6/c1-16(2)14-31-24(29)25-13-20(26)12-21(25)23(28)30-15-22(27)19-10-8-18(9-11-19)17-6-4-3-5-7-17/h8-11,16-17,20-21,26H,3-7,12-15H2,1-2H3/t20-,21+/m1/s1. The van der Waals surface area contributed by atoms with Gasteiger partial charge in [-0.05, 0) is 30.2 Å². The molecule has 1 amide bonds. The maximum atomic E-state index is 12.5. The zero-order valence-electron chi connectivity index (χ0n) is 18.4. The van der Waals surface area contributed by atoms with E-state index in [-0.39, 0.29) is 31.3 Å². The van der Waals surface area contributed by atoms with Gasteiger partial charge in [-0.2, -0.15) is 0 Å². The molecule has 0 spiro atoms. The van der Waals surface area contributed by atoms with Gasteiger partial charge in [0.15, 0.2) is 12.4 Å². The van der Waals surface area contributed by atoms with E-state index in [2.05, 4.69) is 0 Å². The fourth-order valence-electron chi connectivity index (χ4n) is 4.25. The molecule has 0 aromatic heterocycles. The number of aliphatic hydroxyl groups excluding tert-OH is 1. The molecule has 1 saturated carbocycles. The Morgan fingerprint density at radius 3 is 2.39 bits per heavy atom. The van der Waals surface area contributed by atoms with Crippen molar-refractivity contribution in [3.8, 4) is 0 Å². The molecule has 3 rings (SSSR count). The fraction of sp³-hybridized carbons (Fsp3) is 0.625. The summed E-state index contributed by atoms with van der Waals surface area (Å²) in [5.41, 5.74) is 1.75. The first-order valence-corrected chi connectivity index (χ1v) is 11.3. The number of likely N-dealkylation sites (tertiary alicyclic amines) is 1. The van der Waals surface area contributed by atoms with E-state index in [1.807, 2.05) is 26.0 Å². The van der Waals surface area contributed by atoms with Gasteiger partial charge >= 0.3 is 12.1 Å². The van der Waals surface area contributed by atoms with Crippen LogP contribution in [0.3, 0.4) is 0 Å². The van der Waals surface area contributed by atoms with E-state index in [4.69, 9.17) is 9.47 Å². The highest BCUT2D eigenvalue weighted by Gasteiger charge is 2.41. The van der Waals surface area contributed by atoms with Gasteiger partial charge in [-0.1, -0.05) is 57.4 Å². The average molecular weight is 432 g/mol. The molecular formula is C24H33NO6. The molecule has 1 heterocycles. The number of hydrogen-bond donors (Lipinski definition) is 1. The van der Waals surface area contributed by atoms with Gasteiger partial charge in [-0.25, -0.2) is 9.59 Å². The third-order valence-electron chi connectivity index (χ3n) is 5.98. The lowest BCUT2D eigenvalue weighted by Crippen LogP contribution is -2.42. The van der Waals surface area contributed by atoms with Crippen LogP contribution < -0.4 is 0 Å². The highest BCUT2D eigenvalue weighted by molar-refractivity contribution is 5.98. The smallest absolute Gasteiger partial charge is 0.410 e. The van der Waals surface area contributed by atoms with E-state index >= 15 is 0 Å². The maximum Gasteiger partial charge on any atom is 0.410 e. The summed E-state index contributed by atoms with van der Waals surface area (Å²) >= 11 is 0. The number of β-amino-alcohol motifs (C(OH)–C–C–N with tert-alkyl or cyclic N) is 1. The Labute approximate surface area is 183 Å². The van der Waals surface area contributed by atoms with E-state index in [1.165, 1.54) is 42.6 Å². The molecule has 0 bridgehead atoms. The minimum Gasteiger partial charge on any atom is -0.456 e. The number of benzene rings is 1. The zero-order valence-corrected chi connectivity index (χ0v) is 18.4. The van der Waals surface area contributed by atoms with Gasteiger partial charge in [0.05, 0.1) is 19.3 Å². The summed E-state index contributed by atoms with van der Waals surface area (Å²) in [5, 5.41) is 9.91. The Morgan fingerprint density at radius 2 is 1.74 bits per heavy atom. The highest BCUT2D eigenvalue weighted by Crippen LogP contribution is 2.32. The minimum absolute atomic E-state index is 0.00721. The SMILES string of the molecule is CC(C)COC(=O)N1C[C@H](O)C[C@H]1C(=O)OCC(=O)c1ccc(C2CCCCC2)cc1. The Morgan fingerprint density at radius 1 is 1.06 bits per heavy atom. The number of aliphatic hydroxyl groups is 1. The lowest BCUT2D eigenvalue weighted by atomic mass is 9.84. The lowest BCUT2D eigenvalue weighted by Gasteiger charge is -2.23. The summed E-state index contributed by atoms with van der Waals surface area (Å²) in [6, 6.07) is 6.61. The molecule has 1 saturated heterocycles. The Bertz CT molecular complexity index is 769. The molecule has 2 atom stereocenters. The van der Waals surface area contributed by atoms with Crippen molar-refractivity contribution in [2.24, 2.45) is 5.92 Å². The second-order valence-corrected chi connectivity index (χ2v) is 9.02. The number of ether oxygens (including phenoxy) is 2. The third kappa shape index (κ3) is 6.29.